The van der Waals surface area contributed by atoms with Gasteiger partial charge in [0.1, 0.15) is 35.8 Å². The van der Waals surface area contributed by atoms with Crippen LogP contribution < -0.4 is 65.4 Å². The summed E-state index contributed by atoms with van der Waals surface area (Å²) in [4.78, 5) is 0. The highest BCUT2D eigenvalue weighted by atomic mass is 35.7. The summed E-state index contributed by atoms with van der Waals surface area (Å²) >= 11 is 3.90. The Balaban J connectivity index is 0.000000667. The molecule has 0 radical (unpaired) electrons. The number of fused-ring (bicyclic) bond motifs is 10. The predicted octanol–water partition coefficient (Wildman–Crippen LogP) is -2.25. The maximum absolute atomic E-state index is 8.49. The summed E-state index contributed by atoms with van der Waals surface area (Å²) in [5.41, 5.74) is 5.05. The fraction of sp³-hybridized carbons (Fsp3) is 0.480. The second kappa shape index (κ2) is 27.3. The fourth-order valence-corrected chi connectivity index (χ4v) is 12.4. The second-order valence-electron chi connectivity index (χ2n) is 17.2. The third kappa shape index (κ3) is 16.0. The van der Waals surface area contributed by atoms with Crippen LogP contribution in [0, 0.1) is 26.4 Å². The first-order valence-electron chi connectivity index (χ1n) is 24.1. The number of para-hydroxylation sites is 2. The van der Waals surface area contributed by atoms with E-state index in [1.165, 1.54) is 41.6 Å². The Morgan fingerprint density at radius 1 is 0.405 bits per heavy atom. The molecular formula is C50H58Cl2N2O18S2. The average Bonchev–Trinajstić information content (AvgIpc) is 3.89. The van der Waals surface area contributed by atoms with Gasteiger partial charge in [-0.1, -0.05) is 59.1 Å². The van der Waals surface area contributed by atoms with E-state index in [9.17, 15) is 0 Å². The fourth-order valence-electron chi connectivity index (χ4n) is 9.75. The number of aromatic nitrogens is 2. The van der Waals surface area contributed by atoms with Crippen LogP contribution >= 0.6 is 22.7 Å². The molecule has 74 heavy (non-hydrogen) atoms. The zero-order valence-corrected chi connectivity index (χ0v) is 43.5. The molecule has 0 N–H and O–H groups in total. The van der Waals surface area contributed by atoms with Gasteiger partial charge in [-0.15, -0.1) is 20.5 Å². The number of thiazole rings is 2. The van der Waals surface area contributed by atoms with Crippen LogP contribution in [0.1, 0.15) is 45.3 Å². The number of ether oxygens (including phenoxy) is 10. The minimum Gasteiger partial charge on any atom is -0.487 e. The standard InChI is InChI=1S/C50H58N2O10S2.2ClHO4/c1-3-8-44-38(6-1)51-14-5-15-52-39-7-2-4-9-45(39)64-50(52)49-37(34-46(51)63-44)47(35-10-12-40-42(32-35)61-30-26-57-22-18-53-16-20-55-24-28-59-40)48(49)36-11-13-41-43(33-36)62-31-27-58-23-19-54-17-21-56-25-29-60-41;2*2-1(3,4)5/h1-4,6-13,32-33,37,47-49H,5,14-31,34H2;2*(H,2,3,4,5)/q+2;;/p-2/t37-,47-,48-,49+;;/m1../s1. The Morgan fingerprint density at radius 2 is 0.784 bits per heavy atom. The first-order chi connectivity index (χ1) is 35.8. The van der Waals surface area contributed by atoms with E-state index < -0.39 is 20.5 Å². The van der Waals surface area contributed by atoms with E-state index in [4.69, 9.17) is 84.6 Å². The molecule has 24 heteroatoms. The van der Waals surface area contributed by atoms with Crippen LogP contribution in [0.4, 0.5) is 0 Å². The lowest BCUT2D eigenvalue weighted by molar-refractivity contribution is -2.00. The smallest absolute Gasteiger partial charge is 0.242 e. The van der Waals surface area contributed by atoms with Crippen molar-refractivity contribution in [3.8, 4) is 23.0 Å². The van der Waals surface area contributed by atoms with E-state index in [2.05, 4.69) is 94.1 Å². The Hall–Kier alpha value is -4.12. The van der Waals surface area contributed by atoms with Gasteiger partial charge in [-0.05, 0) is 59.4 Å². The quantitative estimate of drug-likeness (QED) is 0.166. The van der Waals surface area contributed by atoms with Crippen molar-refractivity contribution in [3.63, 3.8) is 0 Å². The molecule has 2 aromatic heterocycles. The topological polar surface area (TPSA) is 285 Å². The number of hydrogen-bond donors (Lipinski definition) is 0. The van der Waals surface area contributed by atoms with E-state index in [1.54, 1.807) is 0 Å². The van der Waals surface area contributed by atoms with Gasteiger partial charge >= 0.3 is 0 Å². The maximum Gasteiger partial charge on any atom is 0.242 e. The van der Waals surface area contributed by atoms with Crippen molar-refractivity contribution in [2.24, 2.45) is 5.92 Å². The highest BCUT2D eigenvalue weighted by molar-refractivity contribution is 7.18. The Kier molecular flexibility index (Phi) is 20.7. The van der Waals surface area contributed by atoms with E-state index >= 15 is 0 Å². The van der Waals surface area contributed by atoms with Gasteiger partial charge in [0, 0.05) is 24.5 Å². The second-order valence-corrected chi connectivity index (χ2v) is 20.9. The van der Waals surface area contributed by atoms with Gasteiger partial charge in [-0.25, -0.2) is 37.3 Å². The lowest BCUT2D eigenvalue weighted by Gasteiger charge is -2.50. The van der Waals surface area contributed by atoms with E-state index in [1.807, 2.05) is 22.7 Å². The minimum absolute atomic E-state index is 0.103. The molecular weight excluding hydrogens is 1050 g/mol. The van der Waals surface area contributed by atoms with Gasteiger partial charge in [0.2, 0.25) is 21.0 Å². The number of halogens is 2. The lowest BCUT2D eigenvalue weighted by Crippen LogP contribution is -2.68. The molecule has 0 saturated heterocycles. The van der Waals surface area contributed by atoms with E-state index in [-0.39, 0.29) is 23.7 Å². The maximum atomic E-state index is 8.49. The molecule has 4 aliphatic rings. The molecule has 0 spiro atoms. The molecule has 20 nitrogen and oxygen atoms in total. The third-order valence-electron chi connectivity index (χ3n) is 12.6. The average molecular weight is 1110 g/mol. The summed E-state index contributed by atoms with van der Waals surface area (Å²) < 4.78 is 136. The van der Waals surface area contributed by atoms with Gasteiger partial charge < -0.3 is 47.4 Å². The molecule has 5 heterocycles. The van der Waals surface area contributed by atoms with Crippen molar-refractivity contribution < 1.29 is 114 Å². The van der Waals surface area contributed by atoms with Crippen LogP contribution in [0.3, 0.4) is 0 Å². The Labute approximate surface area is 439 Å². The normalized spacial score (nSPS) is 21.9. The molecule has 10 rings (SSSR count). The molecule has 0 bridgehead atoms. The first-order valence-corrected chi connectivity index (χ1v) is 28.2. The molecule has 0 unspecified atom stereocenters. The van der Waals surface area contributed by atoms with E-state index in [0.717, 1.165) is 25.9 Å². The number of nitrogens with zero attached hydrogens (tertiary/aromatic N) is 2. The van der Waals surface area contributed by atoms with Gasteiger partial charge in [-0.3, -0.25) is 0 Å². The molecule has 0 amide bonds. The zero-order chi connectivity index (χ0) is 51.9. The number of hydrogen-bond acceptors (Lipinski definition) is 20. The molecule has 6 aromatic rings. The van der Waals surface area contributed by atoms with Crippen LogP contribution in [0.2, 0.25) is 0 Å². The van der Waals surface area contributed by atoms with Gasteiger partial charge in [0.05, 0.1) is 91.6 Å². The molecule has 402 valence electrons. The predicted molar refractivity (Wildman–Crippen MR) is 244 cm³/mol. The Morgan fingerprint density at radius 3 is 1.26 bits per heavy atom. The molecule has 1 saturated carbocycles. The minimum atomic E-state index is -4.94. The summed E-state index contributed by atoms with van der Waals surface area (Å²) in [6.07, 6.45) is 1.97. The highest BCUT2D eigenvalue weighted by Gasteiger charge is 2.58. The van der Waals surface area contributed by atoms with Crippen molar-refractivity contribution >= 4 is 43.1 Å². The number of aryl methyl sites for hydroxylation is 2. The van der Waals surface area contributed by atoms with Crippen molar-refractivity contribution in [2.75, 3.05) is 106 Å². The molecule has 1 fully saturated rings. The van der Waals surface area contributed by atoms with Crippen molar-refractivity contribution in [1.29, 1.82) is 0 Å². The SMILES string of the molecule is [O-][Cl+3]([O-])([O-])[O-].[O-][Cl+3]([O-])([O-])[O-].c1ccc2c(c1)sc1[n+]2CCC[n+]2c(sc3ccccc32)[C@H]2[C@H](C1)[C@@H](c1ccc3c(c1)OCCOCCOCCOCCO3)[C@H]2c1ccc2c(c1)OCCOCCOCCOCCO2. The zero-order valence-electron chi connectivity index (χ0n) is 40.3. The lowest BCUT2D eigenvalue weighted by atomic mass is 9.51. The van der Waals surface area contributed by atoms with Crippen molar-refractivity contribution in [2.45, 2.75) is 43.7 Å². The third-order valence-corrected chi connectivity index (χ3v) is 15.1. The molecule has 4 aromatic carbocycles. The van der Waals surface area contributed by atoms with E-state index in [0.29, 0.717) is 129 Å². The summed E-state index contributed by atoms with van der Waals surface area (Å²) in [7, 11) is -9.89. The van der Waals surface area contributed by atoms with Gasteiger partial charge in [-0.2, -0.15) is 9.13 Å². The number of benzene rings is 4. The largest absolute Gasteiger partial charge is 0.487 e. The first kappa shape index (κ1) is 56.1. The van der Waals surface area contributed by atoms with Crippen LogP contribution in [0.15, 0.2) is 84.9 Å². The summed E-state index contributed by atoms with van der Waals surface area (Å²) in [5.74, 6) is 3.53. The summed E-state index contributed by atoms with van der Waals surface area (Å²) in [6, 6.07) is 31.0. The molecule has 1 aliphatic carbocycles. The van der Waals surface area contributed by atoms with Gasteiger partial charge in [0.25, 0.3) is 0 Å². The van der Waals surface area contributed by atoms with Crippen LogP contribution in [-0.2, 0) is 47.9 Å². The van der Waals surface area contributed by atoms with Crippen molar-refractivity contribution in [3.05, 3.63) is 106 Å². The van der Waals surface area contributed by atoms with Crippen LogP contribution in [0.25, 0.3) is 20.4 Å². The summed E-state index contributed by atoms with van der Waals surface area (Å²) in [6.45, 7) is 9.40. The van der Waals surface area contributed by atoms with Crippen molar-refractivity contribution in [1.82, 2.24) is 0 Å². The molecule has 4 atom stereocenters. The summed E-state index contributed by atoms with van der Waals surface area (Å²) in [5, 5.41) is 2.85. The number of rotatable bonds is 2. The Bertz CT molecular complexity index is 2680. The van der Waals surface area contributed by atoms with Crippen LogP contribution in [0.5, 0.6) is 23.0 Å². The van der Waals surface area contributed by atoms with Crippen LogP contribution in [-0.4, -0.2) is 106 Å². The van der Waals surface area contributed by atoms with Gasteiger partial charge in [0.15, 0.2) is 36.1 Å². The monoisotopic (exact) mass is 1110 g/mol. The highest BCUT2D eigenvalue weighted by Crippen LogP contribution is 2.64. The molecule has 3 aliphatic heterocycles.